The average Bonchev–Trinajstić information content (AvgIpc) is 3.02. The Balaban J connectivity index is 2.09. The minimum atomic E-state index is -4.85. The molecule has 0 saturated heterocycles. The topological polar surface area (TPSA) is 81.0 Å². The van der Waals surface area contributed by atoms with Crippen molar-refractivity contribution < 1.29 is 37.3 Å². The summed E-state index contributed by atoms with van der Waals surface area (Å²) in [5.74, 6) is -0.898. The van der Waals surface area contributed by atoms with Crippen molar-refractivity contribution in [3.8, 4) is 11.5 Å². The Morgan fingerprint density at radius 2 is 1.82 bits per heavy atom. The Morgan fingerprint density at radius 1 is 1.18 bits per heavy atom. The van der Waals surface area contributed by atoms with Gasteiger partial charge in [-0.2, -0.15) is 0 Å². The fraction of sp³-hybridized carbons (Fsp3) is 0.304. The number of rotatable bonds is 7. The van der Waals surface area contributed by atoms with Crippen molar-refractivity contribution in [2.75, 3.05) is 27.3 Å². The van der Waals surface area contributed by atoms with Crippen LogP contribution in [0.3, 0.4) is 0 Å². The van der Waals surface area contributed by atoms with Crippen LogP contribution < -0.4 is 9.47 Å². The van der Waals surface area contributed by atoms with Gasteiger partial charge in [0.05, 0.1) is 30.7 Å². The second-order valence-electron chi connectivity index (χ2n) is 7.50. The van der Waals surface area contributed by atoms with Crippen molar-refractivity contribution in [1.82, 2.24) is 9.47 Å². The summed E-state index contributed by atoms with van der Waals surface area (Å²) in [5.41, 5.74) is 1.55. The zero-order chi connectivity index (χ0) is 25.2. The highest BCUT2D eigenvalue weighted by molar-refractivity contribution is 6.33. The highest BCUT2D eigenvalue weighted by Gasteiger charge is 2.31. The maximum absolute atomic E-state index is 13.4. The molecule has 0 atom stereocenters. The number of aliphatic hydroxyl groups excluding tert-OH is 1. The molecule has 0 spiro atoms. The second kappa shape index (κ2) is 9.94. The van der Waals surface area contributed by atoms with Gasteiger partial charge in [-0.25, -0.2) is 0 Å². The average molecular weight is 499 g/mol. The van der Waals surface area contributed by atoms with E-state index in [0.717, 1.165) is 12.1 Å². The molecule has 0 fully saturated rings. The summed E-state index contributed by atoms with van der Waals surface area (Å²) in [6.45, 7) is 1.62. The molecule has 1 N–H and O–H groups in total. The Hall–Kier alpha value is -3.24. The van der Waals surface area contributed by atoms with Crippen LogP contribution in [0.25, 0.3) is 10.9 Å². The lowest BCUT2D eigenvalue weighted by Gasteiger charge is -2.16. The maximum Gasteiger partial charge on any atom is 0.573 e. The lowest BCUT2D eigenvalue weighted by molar-refractivity contribution is -0.274. The number of nitrogens with zero attached hydrogens (tertiary/aromatic N) is 2. The molecule has 0 unspecified atom stereocenters. The Morgan fingerprint density at radius 3 is 2.38 bits per heavy atom. The van der Waals surface area contributed by atoms with Gasteiger partial charge in [-0.3, -0.25) is 14.2 Å². The summed E-state index contributed by atoms with van der Waals surface area (Å²) in [6, 6.07) is 7.70. The summed E-state index contributed by atoms with van der Waals surface area (Å²) in [6.07, 6.45) is -4.90. The van der Waals surface area contributed by atoms with Gasteiger partial charge in [-0.1, -0.05) is 11.6 Å². The molecule has 34 heavy (non-hydrogen) atoms. The van der Waals surface area contributed by atoms with Crippen LogP contribution in [-0.4, -0.2) is 60.1 Å². The van der Waals surface area contributed by atoms with Gasteiger partial charge in [-0.15, -0.1) is 13.2 Å². The summed E-state index contributed by atoms with van der Waals surface area (Å²) in [5, 5.41) is 9.92. The zero-order valence-corrected chi connectivity index (χ0v) is 19.3. The maximum atomic E-state index is 13.4. The number of ether oxygens (including phenoxy) is 2. The molecule has 11 heteroatoms. The van der Waals surface area contributed by atoms with E-state index in [2.05, 4.69) is 4.74 Å². The van der Waals surface area contributed by atoms with Crippen molar-refractivity contribution in [2.45, 2.75) is 19.7 Å². The van der Waals surface area contributed by atoms with Crippen LogP contribution >= 0.6 is 11.6 Å². The van der Waals surface area contributed by atoms with E-state index in [1.165, 1.54) is 34.8 Å². The van der Waals surface area contributed by atoms with Crippen LogP contribution in [-0.2, 0) is 11.2 Å². The molecule has 182 valence electrons. The molecule has 1 amide bonds. The third kappa shape index (κ3) is 5.28. The first-order chi connectivity index (χ1) is 16.0. The smallest absolute Gasteiger partial charge is 0.495 e. The molecule has 3 rings (SSSR count). The molecule has 1 heterocycles. The monoisotopic (exact) mass is 498 g/mol. The molecule has 0 saturated carbocycles. The fourth-order valence-electron chi connectivity index (χ4n) is 3.61. The lowest BCUT2D eigenvalue weighted by Crippen LogP contribution is -2.31. The molecular weight excluding hydrogens is 477 g/mol. The lowest BCUT2D eigenvalue weighted by atomic mass is 10.1. The van der Waals surface area contributed by atoms with Gasteiger partial charge in [-0.05, 0) is 48.9 Å². The first kappa shape index (κ1) is 25.4. The number of alkyl halides is 3. The minimum Gasteiger partial charge on any atom is -0.495 e. The molecule has 0 aliphatic heterocycles. The standard InChI is InChI=1S/C23H22ClF3N2O5/c1-13-16(11-21(31)28(2)8-9-30)17-10-20(33-3)18(24)12-19(17)29(13)22(32)14-4-6-15(7-5-14)34-23(25,26)27/h4-7,10,12,30H,8-9,11H2,1-3H3. The third-order valence-corrected chi connectivity index (χ3v) is 5.63. The molecule has 0 aliphatic rings. The van der Waals surface area contributed by atoms with E-state index < -0.39 is 18.0 Å². The van der Waals surface area contributed by atoms with Gasteiger partial charge >= 0.3 is 6.36 Å². The van der Waals surface area contributed by atoms with Crippen molar-refractivity contribution in [3.63, 3.8) is 0 Å². The number of amides is 1. The molecule has 0 aliphatic carbocycles. The molecule has 0 bridgehead atoms. The SMILES string of the molecule is COc1cc2c(CC(=O)N(C)CCO)c(C)n(C(=O)c3ccc(OC(F)(F)F)cc3)c2cc1Cl. The van der Waals surface area contributed by atoms with Gasteiger partial charge in [0.15, 0.2) is 0 Å². The predicted molar refractivity (Wildman–Crippen MR) is 120 cm³/mol. The number of methoxy groups -OCH3 is 1. The van der Waals surface area contributed by atoms with E-state index in [1.807, 2.05) is 0 Å². The van der Waals surface area contributed by atoms with E-state index in [-0.39, 0.29) is 36.1 Å². The first-order valence-electron chi connectivity index (χ1n) is 10.1. The van der Waals surface area contributed by atoms with Crippen molar-refractivity contribution in [2.24, 2.45) is 0 Å². The number of likely N-dealkylation sites (N-methyl/N-ethyl adjacent to an activating group) is 1. The number of carbonyl (C=O) groups excluding carboxylic acids is 2. The zero-order valence-electron chi connectivity index (χ0n) is 18.6. The van der Waals surface area contributed by atoms with Crippen LogP contribution in [0.2, 0.25) is 5.02 Å². The summed E-state index contributed by atoms with van der Waals surface area (Å²) in [4.78, 5) is 27.4. The minimum absolute atomic E-state index is 0.0533. The summed E-state index contributed by atoms with van der Waals surface area (Å²) < 4.78 is 47.8. The predicted octanol–water partition coefficient (Wildman–Crippen LogP) is 4.19. The van der Waals surface area contributed by atoms with Gasteiger partial charge in [0, 0.05) is 30.2 Å². The summed E-state index contributed by atoms with van der Waals surface area (Å²) >= 11 is 6.29. The number of benzene rings is 2. The molecule has 7 nitrogen and oxygen atoms in total. The van der Waals surface area contributed by atoms with Crippen LogP contribution in [0.4, 0.5) is 13.2 Å². The molecular formula is C23H22ClF3N2O5. The van der Waals surface area contributed by atoms with Crippen molar-refractivity contribution in [1.29, 1.82) is 0 Å². The van der Waals surface area contributed by atoms with Crippen molar-refractivity contribution in [3.05, 3.63) is 58.2 Å². The largest absolute Gasteiger partial charge is 0.573 e. The molecule has 0 radical (unpaired) electrons. The normalized spacial score (nSPS) is 11.5. The van der Waals surface area contributed by atoms with Gasteiger partial charge in [0.25, 0.3) is 5.91 Å². The van der Waals surface area contributed by atoms with Gasteiger partial charge in [0.2, 0.25) is 5.91 Å². The number of halogens is 4. The number of aliphatic hydroxyl groups is 1. The van der Waals surface area contributed by atoms with E-state index >= 15 is 0 Å². The molecule has 2 aromatic carbocycles. The number of hydrogen-bond donors (Lipinski definition) is 1. The van der Waals surface area contributed by atoms with Gasteiger partial charge < -0.3 is 19.5 Å². The third-order valence-electron chi connectivity index (χ3n) is 5.34. The molecule has 3 aromatic rings. The summed E-state index contributed by atoms with van der Waals surface area (Å²) in [7, 11) is 2.99. The fourth-order valence-corrected chi connectivity index (χ4v) is 3.85. The van der Waals surface area contributed by atoms with Crippen molar-refractivity contribution >= 4 is 34.3 Å². The van der Waals surface area contributed by atoms with Gasteiger partial charge in [0.1, 0.15) is 11.5 Å². The number of carbonyl (C=O) groups is 2. The Labute approximate surface area is 198 Å². The van der Waals surface area contributed by atoms with Crippen LogP contribution in [0.1, 0.15) is 21.6 Å². The second-order valence-corrected chi connectivity index (χ2v) is 7.90. The number of fused-ring (bicyclic) bond motifs is 1. The van der Waals surface area contributed by atoms with Crippen LogP contribution in [0, 0.1) is 6.92 Å². The number of aromatic nitrogens is 1. The van der Waals surface area contributed by atoms with E-state index in [1.54, 1.807) is 20.0 Å². The Kier molecular flexibility index (Phi) is 7.42. The Bertz CT molecular complexity index is 1220. The van der Waals surface area contributed by atoms with E-state index in [9.17, 15) is 22.8 Å². The van der Waals surface area contributed by atoms with Crippen LogP contribution in [0.15, 0.2) is 36.4 Å². The number of hydrogen-bond acceptors (Lipinski definition) is 5. The highest BCUT2D eigenvalue weighted by Crippen LogP contribution is 2.36. The van der Waals surface area contributed by atoms with E-state index in [4.69, 9.17) is 21.4 Å². The van der Waals surface area contributed by atoms with Crippen LogP contribution in [0.5, 0.6) is 11.5 Å². The quantitative estimate of drug-likeness (QED) is 0.528. The molecule has 1 aromatic heterocycles. The van der Waals surface area contributed by atoms with E-state index in [0.29, 0.717) is 27.9 Å². The highest BCUT2D eigenvalue weighted by atomic mass is 35.5. The first-order valence-corrected chi connectivity index (χ1v) is 10.5.